The van der Waals surface area contributed by atoms with Crippen LogP contribution in [0.25, 0.3) is 0 Å². The van der Waals surface area contributed by atoms with Crippen LogP contribution < -0.4 is 10.1 Å². The van der Waals surface area contributed by atoms with Gasteiger partial charge in [0.25, 0.3) is 6.02 Å². The van der Waals surface area contributed by atoms with Gasteiger partial charge in [0.1, 0.15) is 29.7 Å². The number of esters is 1. The molecule has 0 aliphatic carbocycles. The standard InChI is InChI=1S/C44H73N3O13/c1-14-32-44(10,52)36(48)27(6)45-22-23(2)20-42(8,51)38(25(4)34(26(5)39(50)57-32)58-33-21-43(9,54-13)37(49)28(7)56-33)60-40-35-31(19-24(3)55-40)47(11)41(59-35)46-29-15-17-30(53-12)18-16-29/h15-18,23-28,31-38,40,45,48-49,51-52H,14,19-22H2,1-13H3/t23-,24-,25+,26-,27-,28+,31+,32-,33+,34+,35-,36-,37+,38-,40+,42-,43-,44-/m1/s1. The minimum Gasteiger partial charge on any atom is -0.497 e. The summed E-state index contributed by atoms with van der Waals surface area (Å²) in [4.78, 5) is 21.1. The number of hydrogen-bond donors (Lipinski definition) is 5. The molecule has 60 heavy (non-hydrogen) atoms. The highest BCUT2D eigenvalue weighted by Crippen LogP contribution is 2.41. The number of carbonyl (C=O) groups is 1. The minimum absolute atomic E-state index is 0.129. The molecular weight excluding hydrogens is 778 g/mol. The number of aliphatic imine (C=N–C) groups is 1. The first kappa shape index (κ1) is 48.4. The summed E-state index contributed by atoms with van der Waals surface area (Å²) < 4.78 is 50.3. The van der Waals surface area contributed by atoms with E-state index < -0.39 is 96.0 Å². The Morgan fingerprint density at radius 3 is 2.22 bits per heavy atom. The monoisotopic (exact) mass is 852 g/mol. The van der Waals surface area contributed by atoms with Crippen LogP contribution in [0, 0.1) is 17.8 Å². The first-order chi connectivity index (χ1) is 28.1. The molecule has 4 fully saturated rings. The molecule has 1 aromatic rings. The number of rotatable bonds is 8. The summed E-state index contributed by atoms with van der Waals surface area (Å²) in [5.74, 6) is -1.91. The average molecular weight is 852 g/mol. The molecule has 0 aromatic heterocycles. The van der Waals surface area contributed by atoms with E-state index >= 15 is 0 Å². The van der Waals surface area contributed by atoms with Crippen LogP contribution in [-0.4, -0.2) is 155 Å². The van der Waals surface area contributed by atoms with E-state index in [-0.39, 0.29) is 37.3 Å². The van der Waals surface area contributed by atoms with Crippen molar-refractivity contribution in [2.75, 3.05) is 27.8 Å². The molecule has 5 N–H and O–H groups in total. The van der Waals surface area contributed by atoms with Crippen molar-refractivity contribution in [3.05, 3.63) is 24.3 Å². The second-order valence-corrected chi connectivity index (χ2v) is 18.5. The number of amidine groups is 1. The van der Waals surface area contributed by atoms with E-state index in [9.17, 15) is 25.2 Å². The lowest BCUT2D eigenvalue weighted by Crippen LogP contribution is -2.60. The SMILES string of the molecule is CC[C@H]1OC(=O)[C@H](C)[C@@H](O[C@H]2C[C@@](C)(OC)[C@@H](O)[C@H](C)O2)[C@H](C)[C@@H](O[C@@H]2O[C@H](C)C[C@H]3[C@H]2OC(=Nc2ccc(OC)cc2)N3C)[C@](C)(O)C[C@@H](C)CN[C@H](C)[C@@H](O)[C@]1(C)O. The second-order valence-electron chi connectivity index (χ2n) is 18.5. The molecule has 5 rings (SSSR count). The highest BCUT2D eigenvalue weighted by atomic mass is 16.7. The van der Waals surface area contributed by atoms with Crippen LogP contribution in [0.3, 0.4) is 0 Å². The van der Waals surface area contributed by atoms with Gasteiger partial charge in [0.15, 0.2) is 18.7 Å². The molecule has 4 aliphatic heterocycles. The lowest BCUT2D eigenvalue weighted by Gasteiger charge is -2.48. The fourth-order valence-corrected chi connectivity index (χ4v) is 9.57. The molecule has 0 bridgehead atoms. The van der Waals surface area contributed by atoms with Crippen LogP contribution in [0.1, 0.15) is 94.9 Å². The van der Waals surface area contributed by atoms with Crippen molar-refractivity contribution in [2.45, 2.75) is 185 Å². The molecule has 0 amide bonds. The summed E-state index contributed by atoms with van der Waals surface area (Å²) in [6, 6.07) is 6.96. The van der Waals surface area contributed by atoms with Gasteiger partial charge in [-0.1, -0.05) is 20.8 Å². The molecule has 0 saturated carbocycles. The van der Waals surface area contributed by atoms with Gasteiger partial charge >= 0.3 is 5.97 Å². The predicted octanol–water partition coefficient (Wildman–Crippen LogP) is 3.66. The fraction of sp³-hybridized carbons (Fsp3) is 0.818. The van der Waals surface area contributed by atoms with Gasteiger partial charge in [-0.3, -0.25) is 4.79 Å². The predicted molar refractivity (Wildman–Crippen MR) is 223 cm³/mol. The zero-order chi connectivity index (χ0) is 44.5. The van der Waals surface area contributed by atoms with Crippen molar-refractivity contribution < 1.29 is 63.1 Å². The molecule has 0 spiro atoms. The maximum atomic E-state index is 14.4. The number of cyclic esters (lactones) is 1. The third-order valence-electron chi connectivity index (χ3n) is 13.4. The van der Waals surface area contributed by atoms with Crippen molar-refractivity contribution in [3.63, 3.8) is 0 Å². The van der Waals surface area contributed by atoms with Crippen LogP contribution in [0.4, 0.5) is 5.69 Å². The molecule has 16 nitrogen and oxygen atoms in total. The zero-order valence-corrected chi connectivity index (χ0v) is 37.9. The Hall–Kier alpha value is -2.64. The van der Waals surface area contributed by atoms with Crippen LogP contribution in [0.5, 0.6) is 5.75 Å². The fourth-order valence-electron chi connectivity index (χ4n) is 9.57. The lowest BCUT2D eigenvalue weighted by atomic mass is 9.77. The van der Waals surface area contributed by atoms with Crippen LogP contribution in [-0.2, 0) is 38.0 Å². The number of fused-ring (bicyclic) bond motifs is 1. The Morgan fingerprint density at radius 1 is 0.933 bits per heavy atom. The molecule has 18 atom stereocenters. The van der Waals surface area contributed by atoms with Crippen molar-refractivity contribution >= 4 is 17.7 Å². The average Bonchev–Trinajstić information content (AvgIpc) is 3.51. The largest absolute Gasteiger partial charge is 0.497 e. The van der Waals surface area contributed by atoms with Gasteiger partial charge in [-0.05, 0) is 104 Å². The Balaban J connectivity index is 1.56. The molecule has 342 valence electrons. The first-order valence-corrected chi connectivity index (χ1v) is 21.6. The summed E-state index contributed by atoms with van der Waals surface area (Å²) in [5.41, 5.74) is -3.73. The lowest BCUT2D eigenvalue weighted by molar-refractivity contribution is -0.313. The zero-order valence-electron chi connectivity index (χ0n) is 37.9. The van der Waals surface area contributed by atoms with Crippen molar-refractivity contribution in [1.82, 2.24) is 10.2 Å². The van der Waals surface area contributed by atoms with Crippen LogP contribution >= 0.6 is 0 Å². The second kappa shape index (κ2) is 19.4. The number of likely N-dealkylation sites (N-methyl/N-ethyl adjacent to an activating group) is 1. The smallest absolute Gasteiger partial charge is 0.311 e. The highest BCUT2D eigenvalue weighted by molar-refractivity contribution is 5.79. The van der Waals surface area contributed by atoms with Gasteiger partial charge < -0.3 is 68.5 Å². The number of hydrogen-bond acceptors (Lipinski definition) is 15. The first-order valence-electron chi connectivity index (χ1n) is 21.6. The molecule has 16 heteroatoms. The van der Waals surface area contributed by atoms with Crippen molar-refractivity contribution in [1.29, 1.82) is 0 Å². The molecule has 1 aromatic carbocycles. The number of nitrogens with one attached hydrogen (secondary N) is 1. The van der Waals surface area contributed by atoms with Gasteiger partial charge in [-0.2, -0.15) is 4.99 Å². The summed E-state index contributed by atoms with van der Waals surface area (Å²) in [6.45, 7) is 18.1. The van der Waals surface area contributed by atoms with E-state index in [2.05, 4.69) is 5.32 Å². The summed E-state index contributed by atoms with van der Waals surface area (Å²) in [6.07, 6.45) is -7.68. The Bertz CT molecular complexity index is 1600. The van der Waals surface area contributed by atoms with E-state index in [0.717, 1.165) is 0 Å². The number of methoxy groups -OCH3 is 2. The van der Waals surface area contributed by atoms with Crippen molar-refractivity contribution in [2.24, 2.45) is 22.7 Å². The molecule has 4 heterocycles. The van der Waals surface area contributed by atoms with E-state index in [0.29, 0.717) is 30.4 Å². The Kier molecular flexibility index (Phi) is 15.6. The number of benzene rings is 1. The molecule has 4 saturated heterocycles. The Morgan fingerprint density at radius 2 is 1.60 bits per heavy atom. The topological polar surface area (TPSA) is 199 Å². The van der Waals surface area contributed by atoms with Gasteiger partial charge in [0.05, 0.1) is 60.4 Å². The van der Waals surface area contributed by atoms with Gasteiger partial charge in [-0.15, -0.1) is 0 Å². The van der Waals surface area contributed by atoms with E-state index in [1.165, 1.54) is 14.0 Å². The van der Waals surface area contributed by atoms with Crippen LogP contribution in [0.2, 0.25) is 0 Å². The molecule has 0 radical (unpaired) electrons. The summed E-state index contributed by atoms with van der Waals surface area (Å²) >= 11 is 0. The van der Waals surface area contributed by atoms with E-state index in [4.69, 9.17) is 42.9 Å². The quantitative estimate of drug-likeness (QED) is 0.237. The number of aliphatic hydroxyl groups excluding tert-OH is 2. The van der Waals surface area contributed by atoms with Gasteiger partial charge in [0.2, 0.25) is 0 Å². The third-order valence-corrected chi connectivity index (χ3v) is 13.4. The number of nitrogens with zero attached hydrogens (tertiary/aromatic N) is 2. The van der Waals surface area contributed by atoms with Gasteiger partial charge in [-0.25, -0.2) is 0 Å². The van der Waals surface area contributed by atoms with E-state index in [1.807, 2.05) is 57.0 Å². The summed E-state index contributed by atoms with van der Waals surface area (Å²) in [5, 5.41) is 50.2. The van der Waals surface area contributed by atoms with Crippen molar-refractivity contribution in [3.8, 4) is 5.75 Å². The third kappa shape index (κ3) is 10.4. The molecule has 0 unspecified atom stereocenters. The van der Waals surface area contributed by atoms with Crippen LogP contribution in [0.15, 0.2) is 29.3 Å². The maximum Gasteiger partial charge on any atom is 0.311 e. The minimum atomic E-state index is -1.81. The number of ether oxygens (including phenoxy) is 8. The Labute approximate surface area is 356 Å². The summed E-state index contributed by atoms with van der Waals surface area (Å²) in [7, 11) is 5.04. The number of carbonyl (C=O) groups excluding carboxylic acids is 1. The van der Waals surface area contributed by atoms with E-state index in [1.54, 1.807) is 48.7 Å². The highest BCUT2D eigenvalue weighted by Gasteiger charge is 2.54. The maximum absolute atomic E-state index is 14.4. The molecular formula is C44H73N3O13. The normalized spacial score (nSPS) is 45.5. The molecule has 4 aliphatic rings. The van der Waals surface area contributed by atoms with Gasteiger partial charge in [0, 0.05) is 32.5 Å². The number of aliphatic hydroxyl groups is 4.